The van der Waals surface area contributed by atoms with Gasteiger partial charge in [0.2, 0.25) is 0 Å². The fraction of sp³-hybridized carbons (Fsp3) is 0.500. The van der Waals surface area contributed by atoms with E-state index in [1.807, 2.05) is 39.2 Å². The molecule has 0 saturated heterocycles. The van der Waals surface area contributed by atoms with Crippen LogP contribution < -0.4 is 0 Å². The minimum absolute atomic E-state index is 0.184. The number of hydrogen-bond donors (Lipinski definition) is 1. The molecule has 0 unspecified atom stereocenters. The second-order valence-corrected chi connectivity index (χ2v) is 4.24. The molecule has 0 heterocycles. The lowest BCUT2D eigenvalue weighted by Crippen LogP contribution is -2.05. The van der Waals surface area contributed by atoms with Crippen molar-refractivity contribution in [2.24, 2.45) is 5.92 Å². The third-order valence-corrected chi connectivity index (χ3v) is 2.76. The monoisotopic (exact) mass is 217 g/mol. The average Bonchev–Trinajstić information content (AvgIpc) is 2.12. The third kappa shape index (κ3) is 4.53. The Bertz CT molecular complexity index is 241. The van der Waals surface area contributed by atoms with E-state index >= 15 is 0 Å². The molecule has 1 nitrogen and oxygen atoms in total. The van der Waals surface area contributed by atoms with Crippen molar-refractivity contribution >= 4 is 29.1 Å². The summed E-state index contributed by atoms with van der Waals surface area (Å²) in [6.07, 6.45) is 5.82. The second kappa shape index (κ2) is 6.28. The molecule has 1 N–H and O–H groups in total. The van der Waals surface area contributed by atoms with E-state index in [0.29, 0.717) is 10.7 Å². The van der Waals surface area contributed by atoms with Gasteiger partial charge in [0.1, 0.15) is 0 Å². The van der Waals surface area contributed by atoms with E-state index in [4.69, 9.17) is 17.0 Å². The smallest absolute Gasteiger partial charge is 0.0627 e. The van der Waals surface area contributed by atoms with Crippen molar-refractivity contribution < 1.29 is 0 Å². The van der Waals surface area contributed by atoms with E-state index in [1.165, 1.54) is 0 Å². The summed E-state index contributed by atoms with van der Waals surface area (Å²) < 4.78 is 0. The molecule has 0 aliphatic carbocycles. The molecule has 74 valence electrons. The zero-order chi connectivity index (χ0) is 10.4. The number of allylic oxidation sites excluding steroid dienone is 3. The van der Waals surface area contributed by atoms with Crippen LogP contribution in [-0.2, 0) is 0 Å². The summed E-state index contributed by atoms with van der Waals surface area (Å²) in [6, 6.07) is 0. The topological polar surface area (TPSA) is 23.9 Å². The van der Waals surface area contributed by atoms with Crippen molar-refractivity contribution in [1.29, 1.82) is 5.41 Å². The number of thioether (sulfide) groups is 1. The summed E-state index contributed by atoms with van der Waals surface area (Å²) in [7, 11) is 0. The third-order valence-electron chi connectivity index (χ3n) is 1.62. The lowest BCUT2D eigenvalue weighted by atomic mass is 10.1. The highest BCUT2D eigenvalue weighted by Gasteiger charge is 2.06. The molecule has 0 spiro atoms. The van der Waals surface area contributed by atoms with Crippen molar-refractivity contribution in [3.8, 4) is 0 Å². The molecule has 0 atom stereocenters. The van der Waals surface area contributed by atoms with Gasteiger partial charge in [-0.05, 0) is 25.2 Å². The highest BCUT2D eigenvalue weighted by Crippen LogP contribution is 2.19. The zero-order valence-corrected chi connectivity index (χ0v) is 10.1. The van der Waals surface area contributed by atoms with Gasteiger partial charge >= 0.3 is 0 Å². The Balaban J connectivity index is 4.58. The van der Waals surface area contributed by atoms with Crippen LogP contribution in [0.25, 0.3) is 0 Å². The summed E-state index contributed by atoms with van der Waals surface area (Å²) >= 11 is 7.59. The molecule has 0 aromatic carbocycles. The molecule has 0 aromatic rings. The van der Waals surface area contributed by atoms with Crippen LogP contribution in [0.5, 0.6) is 0 Å². The Morgan fingerprint density at radius 1 is 1.46 bits per heavy atom. The van der Waals surface area contributed by atoms with Crippen LogP contribution in [0.15, 0.2) is 22.1 Å². The number of nitrogens with one attached hydrogen (secondary N) is 1. The van der Waals surface area contributed by atoms with Crippen LogP contribution in [0.1, 0.15) is 20.8 Å². The van der Waals surface area contributed by atoms with E-state index in [0.717, 1.165) is 4.91 Å². The van der Waals surface area contributed by atoms with Gasteiger partial charge in [0.15, 0.2) is 0 Å². The van der Waals surface area contributed by atoms with Crippen molar-refractivity contribution in [3.05, 3.63) is 22.1 Å². The molecule has 0 bridgehead atoms. The summed E-state index contributed by atoms with van der Waals surface area (Å²) in [6.45, 7) is 5.89. The Labute approximate surface area is 89.8 Å². The van der Waals surface area contributed by atoms with E-state index < -0.39 is 0 Å². The van der Waals surface area contributed by atoms with Crippen molar-refractivity contribution in [2.75, 3.05) is 6.26 Å². The zero-order valence-electron chi connectivity index (χ0n) is 8.52. The molecule has 3 heteroatoms. The van der Waals surface area contributed by atoms with Crippen LogP contribution in [0.3, 0.4) is 0 Å². The van der Waals surface area contributed by atoms with Crippen LogP contribution in [-0.4, -0.2) is 12.0 Å². The minimum Gasteiger partial charge on any atom is -0.303 e. The molecular formula is C10H16ClNS. The molecule has 0 rings (SSSR count). The van der Waals surface area contributed by atoms with Crippen LogP contribution >= 0.6 is 23.4 Å². The first kappa shape index (κ1) is 12.8. The maximum absolute atomic E-state index is 7.66. The average molecular weight is 218 g/mol. The summed E-state index contributed by atoms with van der Waals surface area (Å²) in [5.41, 5.74) is 0.495. The first-order valence-corrected chi connectivity index (χ1v) is 5.79. The maximum atomic E-state index is 7.66. The van der Waals surface area contributed by atoms with E-state index in [2.05, 4.69) is 0 Å². The molecule has 0 aliphatic rings. The Hall–Kier alpha value is -0.210. The van der Waals surface area contributed by atoms with E-state index in [9.17, 15) is 0 Å². The van der Waals surface area contributed by atoms with Crippen LogP contribution in [0, 0.1) is 11.3 Å². The second-order valence-electron chi connectivity index (χ2n) is 2.96. The SMILES string of the molecule is C/C=C(\C=C(\Cl)C(=N)C(C)C)SC. The quantitative estimate of drug-likeness (QED) is 0.558. The molecule has 13 heavy (non-hydrogen) atoms. The minimum atomic E-state index is 0.184. The number of rotatable bonds is 4. The number of hydrogen-bond acceptors (Lipinski definition) is 2. The van der Waals surface area contributed by atoms with Gasteiger partial charge in [0, 0.05) is 4.91 Å². The molecule has 0 fully saturated rings. The lowest BCUT2D eigenvalue weighted by Gasteiger charge is -2.06. The maximum Gasteiger partial charge on any atom is 0.0627 e. The van der Waals surface area contributed by atoms with Gasteiger partial charge in [0.05, 0.1) is 10.7 Å². The highest BCUT2D eigenvalue weighted by molar-refractivity contribution is 8.02. The van der Waals surface area contributed by atoms with Gasteiger partial charge in [-0.3, -0.25) is 0 Å². The Morgan fingerprint density at radius 2 is 2.00 bits per heavy atom. The molecule has 0 saturated carbocycles. The normalized spacial score (nSPS) is 13.7. The van der Waals surface area contributed by atoms with Gasteiger partial charge in [0.25, 0.3) is 0 Å². The van der Waals surface area contributed by atoms with Crippen molar-refractivity contribution in [1.82, 2.24) is 0 Å². The summed E-state index contributed by atoms with van der Waals surface area (Å²) in [5.74, 6) is 0.184. The molecule has 0 aliphatic heterocycles. The Kier molecular flexibility index (Phi) is 6.17. The van der Waals surface area contributed by atoms with Crippen molar-refractivity contribution in [2.45, 2.75) is 20.8 Å². The highest BCUT2D eigenvalue weighted by atomic mass is 35.5. The van der Waals surface area contributed by atoms with E-state index in [1.54, 1.807) is 11.8 Å². The summed E-state index contributed by atoms with van der Waals surface area (Å²) in [5, 5.41) is 8.20. The van der Waals surface area contributed by atoms with Gasteiger partial charge in [-0.25, -0.2) is 0 Å². The largest absolute Gasteiger partial charge is 0.303 e. The molecule has 0 aromatic heterocycles. The van der Waals surface area contributed by atoms with Crippen LogP contribution in [0.4, 0.5) is 0 Å². The van der Waals surface area contributed by atoms with Crippen molar-refractivity contribution in [3.63, 3.8) is 0 Å². The first-order valence-electron chi connectivity index (χ1n) is 4.19. The fourth-order valence-corrected chi connectivity index (χ4v) is 1.61. The first-order chi connectivity index (χ1) is 6.02. The lowest BCUT2D eigenvalue weighted by molar-refractivity contribution is 0.880. The predicted molar refractivity (Wildman–Crippen MR) is 63.8 cm³/mol. The van der Waals surface area contributed by atoms with Gasteiger partial charge in [-0.2, -0.15) is 0 Å². The Morgan fingerprint density at radius 3 is 2.31 bits per heavy atom. The number of halogens is 1. The fourth-order valence-electron chi connectivity index (χ4n) is 0.739. The van der Waals surface area contributed by atoms with Crippen LogP contribution in [0.2, 0.25) is 0 Å². The van der Waals surface area contributed by atoms with Gasteiger partial charge in [-0.1, -0.05) is 31.5 Å². The predicted octanol–water partition coefficient (Wildman–Crippen LogP) is 4.05. The van der Waals surface area contributed by atoms with E-state index in [-0.39, 0.29) is 5.92 Å². The molecule has 0 radical (unpaired) electrons. The molecule has 0 amide bonds. The standard InChI is InChI=1S/C10H16ClNS/c1-5-8(13-4)6-9(11)10(12)7(2)3/h5-7,12H,1-4H3/b8-5+,9-6+,12-10?. The van der Waals surface area contributed by atoms with Gasteiger partial charge < -0.3 is 5.41 Å². The van der Waals surface area contributed by atoms with Gasteiger partial charge in [-0.15, -0.1) is 11.8 Å². The summed E-state index contributed by atoms with van der Waals surface area (Å²) in [4.78, 5) is 1.09. The molecular weight excluding hydrogens is 202 g/mol.